The Kier molecular flexibility index (Phi) is 2.89. The van der Waals surface area contributed by atoms with Crippen molar-refractivity contribution in [3.05, 3.63) is 24.2 Å². The minimum absolute atomic E-state index is 0.630. The third kappa shape index (κ3) is 2.16. The van der Waals surface area contributed by atoms with Gasteiger partial charge in [0.1, 0.15) is 0 Å². The molecule has 1 fully saturated rings. The Balaban J connectivity index is 1.77. The minimum Gasteiger partial charge on any atom is -0.472 e. The molecule has 0 aliphatic carbocycles. The van der Waals surface area contributed by atoms with E-state index in [9.17, 15) is 0 Å². The Morgan fingerprint density at radius 2 is 2.50 bits per heavy atom. The number of furan rings is 1. The van der Waals surface area contributed by atoms with Crippen molar-refractivity contribution in [2.45, 2.75) is 32.0 Å². The number of hydrogen-bond donors (Lipinski definition) is 1. The van der Waals surface area contributed by atoms with Gasteiger partial charge < -0.3 is 14.6 Å². The first-order chi connectivity index (χ1) is 6.75. The zero-order valence-electron chi connectivity index (χ0n) is 8.86. The summed E-state index contributed by atoms with van der Waals surface area (Å²) in [5.74, 6) is 0. The fraction of sp³-hybridized carbons (Fsp3) is 0.636. The van der Waals surface area contributed by atoms with Crippen LogP contribution in [-0.2, 0) is 6.54 Å². The Bertz CT molecular complexity index is 261. The van der Waals surface area contributed by atoms with Gasteiger partial charge in [-0.3, -0.25) is 0 Å². The van der Waals surface area contributed by atoms with Gasteiger partial charge in [-0.1, -0.05) is 0 Å². The quantitative estimate of drug-likeness (QED) is 0.789. The Morgan fingerprint density at radius 1 is 1.64 bits per heavy atom. The molecule has 14 heavy (non-hydrogen) atoms. The molecule has 1 aromatic rings. The van der Waals surface area contributed by atoms with E-state index in [4.69, 9.17) is 4.42 Å². The van der Waals surface area contributed by atoms with Crippen LogP contribution >= 0.6 is 0 Å². The van der Waals surface area contributed by atoms with E-state index in [-0.39, 0.29) is 0 Å². The molecule has 2 atom stereocenters. The van der Waals surface area contributed by atoms with Gasteiger partial charge in [-0.05, 0) is 26.5 Å². The number of hydrogen-bond acceptors (Lipinski definition) is 3. The van der Waals surface area contributed by atoms with Gasteiger partial charge in [0.05, 0.1) is 12.5 Å². The van der Waals surface area contributed by atoms with Crippen LogP contribution in [0.1, 0.15) is 18.9 Å². The van der Waals surface area contributed by atoms with Gasteiger partial charge in [0.25, 0.3) is 0 Å². The largest absolute Gasteiger partial charge is 0.472 e. The highest BCUT2D eigenvalue weighted by molar-refractivity contribution is 5.05. The maximum atomic E-state index is 5.02. The van der Waals surface area contributed by atoms with Crippen molar-refractivity contribution >= 4 is 0 Å². The molecule has 3 nitrogen and oxygen atoms in total. The molecule has 0 aromatic carbocycles. The van der Waals surface area contributed by atoms with Crippen LogP contribution in [-0.4, -0.2) is 30.6 Å². The molecule has 78 valence electrons. The molecule has 1 N–H and O–H groups in total. The van der Waals surface area contributed by atoms with E-state index >= 15 is 0 Å². The first kappa shape index (κ1) is 9.74. The second-order valence-electron chi connectivity index (χ2n) is 4.23. The molecule has 1 aliphatic rings. The van der Waals surface area contributed by atoms with Crippen LogP contribution in [0.5, 0.6) is 0 Å². The summed E-state index contributed by atoms with van der Waals surface area (Å²) in [5, 5.41) is 3.54. The second kappa shape index (κ2) is 4.15. The topological polar surface area (TPSA) is 28.4 Å². The lowest BCUT2D eigenvalue weighted by Crippen LogP contribution is -2.30. The Labute approximate surface area is 85.1 Å². The van der Waals surface area contributed by atoms with E-state index in [0.29, 0.717) is 12.1 Å². The number of rotatable bonds is 3. The summed E-state index contributed by atoms with van der Waals surface area (Å²) in [7, 11) is 2.18. The van der Waals surface area contributed by atoms with Crippen LogP contribution < -0.4 is 5.32 Å². The van der Waals surface area contributed by atoms with Crippen molar-refractivity contribution in [1.82, 2.24) is 10.2 Å². The monoisotopic (exact) mass is 194 g/mol. The molecular weight excluding hydrogens is 176 g/mol. The van der Waals surface area contributed by atoms with Crippen molar-refractivity contribution in [1.29, 1.82) is 0 Å². The number of likely N-dealkylation sites (N-methyl/N-ethyl adjacent to an activating group) is 1. The fourth-order valence-electron chi connectivity index (χ4n) is 2.00. The first-order valence-electron chi connectivity index (χ1n) is 5.20. The smallest absolute Gasteiger partial charge is 0.0947 e. The molecule has 1 aliphatic heterocycles. The lowest BCUT2D eigenvalue weighted by molar-refractivity contribution is 0.326. The molecule has 1 saturated heterocycles. The third-order valence-electron chi connectivity index (χ3n) is 3.06. The summed E-state index contributed by atoms with van der Waals surface area (Å²) in [4.78, 5) is 2.40. The number of likely N-dealkylation sites (tertiary alicyclic amines) is 1. The van der Waals surface area contributed by atoms with Crippen molar-refractivity contribution < 1.29 is 4.42 Å². The predicted octanol–water partition coefficient (Wildman–Crippen LogP) is 1.46. The molecule has 2 rings (SSSR count). The highest BCUT2D eigenvalue weighted by atomic mass is 16.3. The maximum Gasteiger partial charge on any atom is 0.0947 e. The van der Waals surface area contributed by atoms with E-state index in [1.54, 1.807) is 12.5 Å². The SMILES string of the molecule is CC1CC(NCc2ccoc2)CN1C. The molecule has 0 spiro atoms. The highest BCUT2D eigenvalue weighted by Crippen LogP contribution is 2.15. The highest BCUT2D eigenvalue weighted by Gasteiger charge is 2.25. The van der Waals surface area contributed by atoms with Gasteiger partial charge in [0, 0.05) is 30.7 Å². The average Bonchev–Trinajstić information content (AvgIpc) is 2.74. The number of nitrogens with one attached hydrogen (secondary N) is 1. The zero-order valence-corrected chi connectivity index (χ0v) is 8.86. The molecule has 2 heterocycles. The van der Waals surface area contributed by atoms with Crippen molar-refractivity contribution in [3.8, 4) is 0 Å². The second-order valence-corrected chi connectivity index (χ2v) is 4.23. The molecule has 0 bridgehead atoms. The molecule has 0 saturated carbocycles. The van der Waals surface area contributed by atoms with Crippen LogP contribution in [0, 0.1) is 0 Å². The van der Waals surface area contributed by atoms with Crippen LogP contribution in [0.2, 0.25) is 0 Å². The molecule has 0 radical (unpaired) electrons. The minimum atomic E-state index is 0.630. The normalized spacial score (nSPS) is 28.4. The molecule has 3 heteroatoms. The average molecular weight is 194 g/mol. The van der Waals surface area contributed by atoms with E-state index < -0.39 is 0 Å². The summed E-state index contributed by atoms with van der Waals surface area (Å²) >= 11 is 0. The fourth-order valence-corrected chi connectivity index (χ4v) is 2.00. The lowest BCUT2D eigenvalue weighted by Gasteiger charge is -2.12. The van der Waals surface area contributed by atoms with Crippen LogP contribution in [0.4, 0.5) is 0 Å². The van der Waals surface area contributed by atoms with Crippen LogP contribution in [0.15, 0.2) is 23.0 Å². The summed E-state index contributed by atoms with van der Waals surface area (Å²) in [6.45, 7) is 4.35. The standard InChI is InChI=1S/C11H18N2O/c1-9-5-11(7-13(9)2)12-6-10-3-4-14-8-10/h3-4,8-9,11-12H,5-7H2,1-2H3. The first-order valence-corrected chi connectivity index (χ1v) is 5.20. The van der Waals surface area contributed by atoms with Gasteiger partial charge in [-0.25, -0.2) is 0 Å². The van der Waals surface area contributed by atoms with Crippen molar-refractivity contribution in [2.24, 2.45) is 0 Å². The third-order valence-corrected chi connectivity index (χ3v) is 3.06. The van der Waals surface area contributed by atoms with Gasteiger partial charge in [0.2, 0.25) is 0 Å². The maximum absolute atomic E-state index is 5.02. The van der Waals surface area contributed by atoms with Crippen LogP contribution in [0.3, 0.4) is 0 Å². The molecule has 2 unspecified atom stereocenters. The summed E-state index contributed by atoms with van der Waals surface area (Å²) in [6.07, 6.45) is 4.77. The van der Waals surface area contributed by atoms with Crippen molar-refractivity contribution in [3.63, 3.8) is 0 Å². The molecule has 1 aromatic heterocycles. The van der Waals surface area contributed by atoms with Crippen molar-refractivity contribution in [2.75, 3.05) is 13.6 Å². The molecule has 0 amide bonds. The van der Waals surface area contributed by atoms with Gasteiger partial charge >= 0.3 is 0 Å². The van der Waals surface area contributed by atoms with E-state index in [2.05, 4.69) is 24.2 Å². The van der Waals surface area contributed by atoms with E-state index in [1.165, 1.54) is 12.0 Å². The van der Waals surface area contributed by atoms with Gasteiger partial charge in [-0.15, -0.1) is 0 Å². The van der Waals surface area contributed by atoms with E-state index in [1.807, 2.05) is 6.07 Å². The van der Waals surface area contributed by atoms with Gasteiger partial charge in [-0.2, -0.15) is 0 Å². The summed E-state index contributed by atoms with van der Waals surface area (Å²) in [5.41, 5.74) is 1.23. The number of nitrogens with zero attached hydrogens (tertiary/aromatic N) is 1. The predicted molar refractivity (Wildman–Crippen MR) is 56.0 cm³/mol. The van der Waals surface area contributed by atoms with Gasteiger partial charge in [0.15, 0.2) is 0 Å². The zero-order chi connectivity index (χ0) is 9.97. The Hall–Kier alpha value is -0.800. The summed E-state index contributed by atoms with van der Waals surface area (Å²) < 4.78 is 5.02. The summed E-state index contributed by atoms with van der Waals surface area (Å²) in [6, 6.07) is 3.34. The van der Waals surface area contributed by atoms with E-state index in [0.717, 1.165) is 13.1 Å². The molecular formula is C11H18N2O. The lowest BCUT2D eigenvalue weighted by atomic mass is 10.2. The Morgan fingerprint density at radius 3 is 3.07 bits per heavy atom. The van der Waals surface area contributed by atoms with Crippen LogP contribution in [0.25, 0.3) is 0 Å².